The van der Waals surface area contributed by atoms with Gasteiger partial charge in [0.05, 0.1) is 5.88 Å². The van der Waals surface area contributed by atoms with E-state index in [1.54, 1.807) is 0 Å². The third kappa shape index (κ3) is 2.81. The van der Waals surface area contributed by atoms with Crippen molar-refractivity contribution in [1.82, 2.24) is 10.2 Å². The van der Waals surface area contributed by atoms with Crippen LogP contribution in [0.5, 0.6) is 0 Å². The lowest BCUT2D eigenvalue weighted by molar-refractivity contribution is -0.140. The Morgan fingerprint density at radius 2 is 2.19 bits per heavy atom. The molecule has 1 heterocycles. The Morgan fingerprint density at radius 3 is 2.81 bits per heavy atom. The molecule has 0 bridgehead atoms. The molecule has 1 atom stereocenters. The second kappa shape index (κ2) is 4.95. The average Bonchev–Trinajstić information content (AvgIpc) is 2.93. The highest BCUT2D eigenvalue weighted by atomic mass is 32.2. The molecule has 0 spiro atoms. The molecule has 1 aliphatic heterocycles. The van der Waals surface area contributed by atoms with Crippen LogP contribution in [0.1, 0.15) is 19.3 Å². The molecule has 90 valence electrons. The van der Waals surface area contributed by atoms with E-state index in [-0.39, 0.29) is 6.03 Å². The van der Waals surface area contributed by atoms with Crippen LogP contribution in [0, 0.1) is 5.92 Å². The quantitative estimate of drug-likeness (QED) is 0.772. The molecule has 0 aromatic carbocycles. The normalized spacial score (nSPS) is 24.5. The van der Waals surface area contributed by atoms with Crippen molar-refractivity contribution in [3.05, 3.63) is 0 Å². The van der Waals surface area contributed by atoms with E-state index in [9.17, 15) is 9.59 Å². The second-order valence-electron chi connectivity index (χ2n) is 4.29. The Balaban J connectivity index is 1.75. The summed E-state index contributed by atoms with van der Waals surface area (Å²) in [6, 6.07) is -0.899. The van der Waals surface area contributed by atoms with Crippen LogP contribution >= 0.6 is 11.8 Å². The van der Waals surface area contributed by atoms with Gasteiger partial charge in [0.1, 0.15) is 6.04 Å². The standard InChI is InChI=1S/C10H16N2O3S/c13-9(14)8-5-16-6-12(8)10(15)11-4-3-7-1-2-7/h7-8H,1-6H2,(H,11,15)(H,13,14). The predicted octanol–water partition coefficient (Wildman–Crippen LogP) is 0.956. The van der Waals surface area contributed by atoms with Gasteiger partial charge in [-0.25, -0.2) is 9.59 Å². The van der Waals surface area contributed by atoms with Crippen LogP contribution < -0.4 is 5.32 Å². The molecule has 2 fully saturated rings. The van der Waals surface area contributed by atoms with Crippen molar-refractivity contribution >= 4 is 23.8 Å². The van der Waals surface area contributed by atoms with Gasteiger partial charge in [0.2, 0.25) is 0 Å². The fourth-order valence-corrected chi connectivity index (χ4v) is 2.88. The summed E-state index contributed by atoms with van der Waals surface area (Å²) in [4.78, 5) is 24.0. The highest BCUT2D eigenvalue weighted by molar-refractivity contribution is 7.99. The van der Waals surface area contributed by atoms with E-state index >= 15 is 0 Å². The van der Waals surface area contributed by atoms with Gasteiger partial charge in [-0.1, -0.05) is 12.8 Å². The summed E-state index contributed by atoms with van der Waals surface area (Å²) in [5.41, 5.74) is 0. The summed E-state index contributed by atoms with van der Waals surface area (Å²) in [5, 5.41) is 11.7. The van der Waals surface area contributed by atoms with E-state index in [0.29, 0.717) is 18.2 Å². The fraction of sp³-hybridized carbons (Fsp3) is 0.800. The molecule has 1 unspecified atom stereocenters. The zero-order chi connectivity index (χ0) is 11.5. The number of carboxylic acid groups (broad SMARTS) is 1. The number of nitrogens with one attached hydrogen (secondary N) is 1. The minimum absolute atomic E-state index is 0.238. The van der Waals surface area contributed by atoms with E-state index in [1.165, 1.54) is 29.5 Å². The summed E-state index contributed by atoms with van der Waals surface area (Å²) >= 11 is 1.48. The van der Waals surface area contributed by atoms with Crippen molar-refractivity contribution in [3.8, 4) is 0 Å². The molecule has 16 heavy (non-hydrogen) atoms. The maximum Gasteiger partial charge on any atom is 0.327 e. The maximum absolute atomic E-state index is 11.7. The molecular formula is C10H16N2O3S. The van der Waals surface area contributed by atoms with Gasteiger partial charge in [0.15, 0.2) is 0 Å². The van der Waals surface area contributed by atoms with E-state index in [4.69, 9.17) is 5.11 Å². The van der Waals surface area contributed by atoms with Crippen LogP contribution in [0.2, 0.25) is 0 Å². The summed E-state index contributed by atoms with van der Waals surface area (Å²) < 4.78 is 0. The van der Waals surface area contributed by atoms with E-state index in [1.807, 2.05) is 0 Å². The first-order chi connectivity index (χ1) is 7.68. The van der Waals surface area contributed by atoms with Gasteiger partial charge in [-0.15, -0.1) is 11.8 Å². The maximum atomic E-state index is 11.7. The van der Waals surface area contributed by atoms with Crippen molar-refractivity contribution in [1.29, 1.82) is 0 Å². The average molecular weight is 244 g/mol. The molecule has 0 aromatic rings. The smallest absolute Gasteiger partial charge is 0.327 e. The Labute approximate surface area is 98.6 Å². The van der Waals surface area contributed by atoms with Gasteiger partial charge in [-0.2, -0.15) is 0 Å². The van der Waals surface area contributed by atoms with E-state index in [0.717, 1.165) is 12.3 Å². The summed E-state index contributed by atoms with van der Waals surface area (Å²) in [5.74, 6) is 0.836. The summed E-state index contributed by atoms with van der Waals surface area (Å²) in [6.07, 6.45) is 3.56. The molecular weight excluding hydrogens is 228 g/mol. The Kier molecular flexibility index (Phi) is 3.58. The fourth-order valence-electron chi connectivity index (χ4n) is 1.74. The van der Waals surface area contributed by atoms with Crippen LogP contribution in [-0.2, 0) is 4.79 Å². The molecule has 1 saturated heterocycles. The topological polar surface area (TPSA) is 69.6 Å². The van der Waals surface area contributed by atoms with Gasteiger partial charge in [0, 0.05) is 12.3 Å². The van der Waals surface area contributed by atoms with Crippen molar-refractivity contribution < 1.29 is 14.7 Å². The van der Waals surface area contributed by atoms with Gasteiger partial charge < -0.3 is 15.3 Å². The van der Waals surface area contributed by atoms with E-state index in [2.05, 4.69) is 5.32 Å². The largest absolute Gasteiger partial charge is 0.480 e. The molecule has 6 heteroatoms. The molecule has 5 nitrogen and oxygen atoms in total. The number of urea groups is 1. The highest BCUT2D eigenvalue weighted by Gasteiger charge is 2.34. The molecule has 2 aliphatic rings. The Hall–Kier alpha value is -0.910. The molecule has 1 saturated carbocycles. The number of amides is 2. The molecule has 2 rings (SSSR count). The molecule has 0 radical (unpaired) electrons. The number of carbonyl (C=O) groups excluding carboxylic acids is 1. The third-order valence-corrected chi connectivity index (χ3v) is 3.97. The van der Waals surface area contributed by atoms with Gasteiger partial charge >= 0.3 is 12.0 Å². The molecule has 2 N–H and O–H groups in total. The van der Waals surface area contributed by atoms with Crippen molar-refractivity contribution in [2.75, 3.05) is 18.2 Å². The number of rotatable bonds is 4. The lowest BCUT2D eigenvalue weighted by atomic mass is 10.3. The minimum atomic E-state index is -0.914. The van der Waals surface area contributed by atoms with Crippen LogP contribution in [0.4, 0.5) is 4.79 Å². The number of aliphatic carboxylic acids is 1. The molecule has 2 amide bonds. The predicted molar refractivity (Wildman–Crippen MR) is 61.3 cm³/mol. The Morgan fingerprint density at radius 1 is 1.44 bits per heavy atom. The highest BCUT2D eigenvalue weighted by Crippen LogP contribution is 2.31. The van der Waals surface area contributed by atoms with Crippen LogP contribution in [0.25, 0.3) is 0 Å². The lowest BCUT2D eigenvalue weighted by Crippen LogP contribution is -2.47. The Bertz CT molecular complexity index is 294. The van der Waals surface area contributed by atoms with Crippen LogP contribution in [-0.4, -0.2) is 46.2 Å². The first-order valence-corrected chi connectivity index (χ1v) is 6.69. The number of carboxylic acids is 1. The first kappa shape index (κ1) is 11.6. The second-order valence-corrected chi connectivity index (χ2v) is 5.29. The zero-order valence-electron chi connectivity index (χ0n) is 9.02. The molecule has 0 aromatic heterocycles. The molecule has 1 aliphatic carbocycles. The summed E-state index contributed by atoms with van der Waals surface area (Å²) in [6.45, 7) is 0.664. The van der Waals surface area contributed by atoms with Gasteiger partial charge in [-0.05, 0) is 12.3 Å². The first-order valence-electron chi connectivity index (χ1n) is 5.53. The minimum Gasteiger partial charge on any atom is -0.480 e. The van der Waals surface area contributed by atoms with Crippen molar-refractivity contribution in [2.45, 2.75) is 25.3 Å². The third-order valence-electron chi connectivity index (χ3n) is 2.95. The lowest BCUT2D eigenvalue weighted by Gasteiger charge is -2.20. The van der Waals surface area contributed by atoms with Crippen molar-refractivity contribution in [2.24, 2.45) is 5.92 Å². The number of carbonyl (C=O) groups is 2. The number of hydrogen-bond donors (Lipinski definition) is 2. The van der Waals surface area contributed by atoms with Gasteiger partial charge in [0.25, 0.3) is 0 Å². The van der Waals surface area contributed by atoms with E-state index < -0.39 is 12.0 Å². The monoisotopic (exact) mass is 244 g/mol. The van der Waals surface area contributed by atoms with Crippen molar-refractivity contribution in [3.63, 3.8) is 0 Å². The zero-order valence-corrected chi connectivity index (χ0v) is 9.83. The van der Waals surface area contributed by atoms with Gasteiger partial charge in [-0.3, -0.25) is 0 Å². The van der Waals surface area contributed by atoms with Crippen LogP contribution in [0.15, 0.2) is 0 Å². The summed E-state index contributed by atoms with van der Waals surface area (Å²) in [7, 11) is 0. The SMILES string of the molecule is O=C(O)C1CSCN1C(=O)NCCC1CC1. The van der Waals surface area contributed by atoms with Crippen LogP contribution in [0.3, 0.4) is 0 Å². The number of thioether (sulfide) groups is 1. The number of nitrogens with zero attached hydrogens (tertiary/aromatic N) is 1. The number of hydrogen-bond acceptors (Lipinski definition) is 3.